The molecule has 146 valence electrons. The summed E-state index contributed by atoms with van der Waals surface area (Å²) in [6.07, 6.45) is 2.68. The zero-order valence-corrected chi connectivity index (χ0v) is 17.1. The van der Waals surface area contributed by atoms with Crippen LogP contribution in [0.2, 0.25) is 0 Å². The smallest absolute Gasteiger partial charge is 0.0900 e. The fraction of sp³-hybridized carbons (Fsp3) is 0.727. The van der Waals surface area contributed by atoms with E-state index < -0.39 is 0 Å². The number of methoxy groups -OCH3 is 2. The highest BCUT2D eigenvalue weighted by Crippen LogP contribution is 2.49. The standard InChI is InChI=1S/C22H34O4/c1-7-21(3,17-13-25-17)19(23-5)15-9-11-16(12-10-15)20(24-6)22(4,8-2)18-14-26-18/h9-12,17-20H,7-8,13-14H2,1-6H3. The molecule has 6 unspecified atom stereocenters. The van der Waals surface area contributed by atoms with Crippen LogP contribution in [0.3, 0.4) is 0 Å². The predicted molar refractivity (Wildman–Crippen MR) is 102 cm³/mol. The first kappa shape index (κ1) is 19.8. The first-order valence-electron chi connectivity index (χ1n) is 9.83. The summed E-state index contributed by atoms with van der Waals surface area (Å²) in [5, 5.41) is 0. The van der Waals surface area contributed by atoms with Gasteiger partial charge in [-0.15, -0.1) is 0 Å². The van der Waals surface area contributed by atoms with Gasteiger partial charge in [0, 0.05) is 25.0 Å². The van der Waals surface area contributed by atoms with Gasteiger partial charge in [0.2, 0.25) is 0 Å². The van der Waals surface area contributed by atoms with Gasteiger partial charge in [0.25, 0.3) is 0 Å². The molecule has 0 amide bonds. The van der Waals surface area contributed by atoms with Gasteiger partial charge in [-0.05, 0) is 24.0 Å². The lowest BCUT2D eigenvalue weighted by atomic mass is 9.74. The minimum Gasteiger partial charge on any atom is -0.376 e. The van der Waals surface area contributed by atoms with Crippen molar-refractivity contribution < 1.29 is 18.9 Å². The second-order valence-corrected chi connectivity index (χ2v) is 8.26. The third-order valence-corrected chi connectivity index (χ3v) is 6.87. The van der Waals surface area contributed by atoms with Crippen LogP contribution < -0.4 is 0 Å². The van der Waals surface area contributed by atoms with Crippen molar-refractivity contribution in [2.75, 3.05) is 27.4 Å². The summed E-state index contributed by atoms with van der Waals surface area (Å²) in [7, 11) is 3.59. The molecular formula is C22H34O4. The number of hydrogen-bond acceptors (Lipinski definition) is 4. The quantitative estimate of drug-likeness (QED) is 0.566. The SMILES string of the molecule is CCC(C)(C1CO1)C(OC)c1ccc(C(OC)C(C)(CC)C2CO2)cc1. The molecule has 0 N–H and O–H groups in total. The minimum absolute atomic E-state index is 0.00326. The van der Waals surface area contributed by atoms with Crippen molar-refractivity contribution >= 4 is 0 Å². The Labute approximate surface area is 158 Å². The van der Waals surface area contributed by atoms with Crippen LogP contribution in [-0.4, -0.2) is 39.6 Å². The molecule has 4 heteroatoms. The first-order chi connectivity index (χ1) is 12.4. The third kappa shape index (κ3) is 3.45. The van der Waals surface area contributed by atoms with E-state index in [-0.39, 0.29) is 23.0 Å². The van der Waals surface area contributed by atoms with Crippen LogP contribution in [0.25, 0.3) is 0 Å². The zero-order valence-electron chi connectivity index (χ0n) is 17.1. The summed E-state index contributed by atoms with van der Waals surface area (Å²) in [6.45, 7) is 10.6. The van der Waals surface area contributed by atoms with Crippen molar-refractivity contribution in [3.05, 3.63) is 35.4 Å². The Morgan fingerprint density at radius 1 is 0.846 bits per heavy atom. The molecule has 0 bridgehead atoms. The Hall–Kier alpha value is -0.940. The highest BCUT2D eigenvalue weighted by atomic mass is 16.6. The lowest BCUT2D eigenvalue weighted by molar-refractivity contribution is -0.0256. The molecule has 2 aliphatic heterocycles. The van der Waals surface area contributed by atoms with Gasteiger partial charge in [-0.2, -0.15) is 0 Å². The van der Waals surface area contributed by atoms with Gasteiger partial charge >= 0.3 is 0 Å². The van der Waals surface area contributed by atoms with Crippen molar-refractivity contribution in [3.63, 3.8) is 0 Å². The number of benzene rings is 1. The van der Waals surface area contributed by atoms with Gasteiger partial charge in [0.05, 0.1) is 37.6 Å². The van der Waals surface area contributed by atoms with Crippen LogP contribution in [0.15, 0.2) is 24.3 Å². The van der Waals surface area contributed by atoms with E-state index in [2.05, 4.69) is 52.0 Å². The Balaban J connectivity index is 1.84. The molecule has 2 aliphatic rings. The van der Waals surface area contributed by atoms with E-state index >= 15 is 0 Å². The van der Waals surface area contributed by atoms with E-state index in [0.717, 1.165) is 26.1 Å². The number of ether oxygens (including phenoxy) is 4. The molecule has 6 atom stereocenters. The maximum atomic E-state index is 5.93. The summed E-state index contributed by atoms with van der Waals surface area (Å²) < 4.78 is 23.1. The molecular weight excluding hydrogens is 328 g/mol. The van der Waals surface area contributed by atoms with E-state index in [1.807, 2.05) is 0 Å². The summed E-state index contributed by atoms with van der Waals surface area (Å²) in [5.41, 5.74) is 2.40. The van der Waals surface area contributed by atoms with Gasteiger partial charge in [-0.1, -0.05) is 52.0 Å². The highest BCUT2D eigenvalue weighted by Gasteiger charge is 2.49. The molecule has 3 rings (SSSR count). The average molecular weight is 363 g/mol. The summed E-state index contributed by atoms with van der Waals surface area (Å²) in [5.74, 6) is 0. The zero-order chi connectivity index (χ0) is 18.9. The van der Waals surface area contributed by atoms with Crippen LogP contribution in [0.1, 0.15) is 63.9 Å². The molecule has 0 aliphatic carbocycles. The molecule has 2 saturated heterocycles. The number of hydrogen-bond donors (Lipinski definition) is 0. The molecule has 0 saturated carbocycles. The van der Waals surface area contributed by atoms with Crippen LogP contribution in [0.4, 0.5) is 0 Å². The molecule has 2 fully saturated rings. The van der Waals surface area contributed by atoms with E-state index in [4.69, 9.17) is 18.9 Å². The van der Waals surface area contributed by atoms with Crippen molar-refractivity contribution in [3.8, 4) is 0 Å². The highest BCUT2D eigenvalue weighted by molar-refractivity contribution is 5.29. The normalized spacial score (nSPS) is 28.7. The van der Waals surface area contributed by atoms with Crippen LogP contribution in [-0.2, 0) is 18.9 Å². The Kier molecular flexibility index (Phi) is 5.78. The van der Waals surface area contributed by atoms with E-state index in [1.165, 1.54) is 11.1 Å². The Morgan fingerprint density at radius 2 is 1.15 bits per heavy atom. The fourth-order valence-corrected chi connectivity index (χ4v) is 4.44. The molecule has 1 aromatic carbocycles. The van der Waals surface area contributed by atoms with Gasteiger partial charge in [0.1, 0.15) is 0 Å². The number of rotatable bonds is 10. The summed E-state index contributed by atoms with van der Waals surface area (Å²) in [4.78, 5) is 0. The summed E-state index contributed by atoms with van der Waals surface area (Å²) in [6, 6.07) is 8.76. The Bertz CT molecular complexity index is 540. The molecule has 26 heavy (non-hydrogen) atoms. The summed E-state index contributed by atoms with van der Waals surface area (Å²) >= 11 is 0. The second-order valence-electron chi connectivity index (χ2n) is 8.26. The molecule has 4 nitrogen and oxygen atoms in total. The number of epoxide rings is 2. The van der Waals surface area contributed by atoms with Crippen molar-refractivity contribution in [2.24, 2.45) is 10.8 Å². The second kappa shape index (κ2) is 7.59. The van der Waals surface area contributed by atoms with Gasteiger partial charge in [-0.25, -0.2) is 0 Å². The Morgan fingerprint density at radius 3 is 1.35 bits per heavy atom. The third-order valence-electron chi connectivity index (χ3n) is 6.87. The van der Waals surface area contributed by atoms with E-state index in [1.54, 1.807) is 14.2 Å². The maximum Gasteiger partial charge on any atom is 0.0900 e. The van der Waals surface area contributed by atoms with E-state index in [0.29, 0.717) is 12.2 Å². The fourth-order valence-electron chi connectivity index (χ4n) is 4.44. The monoisotopic (exact) mass is 362 g/mol. The van der Waals surface area contributed by atoms with Gasteiger partial charge in [0.15, 0.2) is 0 Å². The molecule has 0 spiro atoms. The van der Waals surface area contributed by atoms with Gasteiger partial charge < -0.3 is 18.9 Å². The molecule has 1 aromatic rings. The van der Waals surface area contributed by atoms with E-state index in [9.17, 15) is 0 Å². The largest absolute Gasteiger partial charge is 0.376 e. The van der Waals surface area contributed by atoms with Crippen LogP contribution >= 0.6 is 0 Å². The van der Waals surface area contributed by atoms with Crippen LogP contribution in [0.5, 0.6) is 0 Å². The van der Waals surface area contributed by atoms with Crippen molar-refractivity contribution in [1.29, 1.82) is 0 Å². The average Bonchev–Trinajstić information content (AvgIpc) is 3.54. The topological polar surface area (TPSA) is 43.5 Å². The van der Waals surface area contributed by atoms with Crippen LogP contribution in [0, 0.1) is 10.8 Å². The predicted octanol–water partition coefficient (Wildman–Crippen LogP) is 4.69. The lowest BCUT2D eigenvalue weighted by Crippen LogP contribution is -2.33. The minimum atomic E-state index is -0.00326. The molecule has 0 aromatic heterocycles. The molecule has 0 radical (unpaired) electrons. The molecule has 2 heterocycles. The van der Waals surface area contributed by atoms with Crippen molar-refractivity contribution in [2.45, 2.75) is 65.0 Å². The van der Waals surface area contributed by atoms with Crippen molar-refractivity contribution in [1.82, 2.24) is 0 Å². The van der Waals surface area contributed by atoms with Gasteiger partial charge in [-0.3, -0.25) is 0 Å². The lowest BCUT2D eigenvalue weighted by Gasteiger charge is -2.36. The first-order valence-corrected chi connectivity index (χ1v) is 9.83. The maximum absolute atomic E-state index is 5.93.